The van der Waals surface area contributed by atoms with Gasteiger partial charge < -0.3 is 20.9 Å². The van der Waals surface area contributed by atoms with Crippen molar-refractivity contribution in [1.82, 2.24) is 15.1 Å². The third-order valence-corrected chi connectivity index (χ3v) is 5.94. The number of rotatable bonds is 8. The maximum absolute atomic E-state index is 12.9. The Morgan fingerprint density at radius 3 is 2.12 bits per heavy atom. The monoisotopic (exact) mass is 436 g/mol. The highest BCUT2D eigenvalue weighted by atomic mass is 16.2. The molecule has 4 amide bonds. The summed E-state index contributed by atoms with van der Waals surface area (Å²) in [5.74, 6) is 0.0874. The van der Waals surface area contributed by atoms with E-state index in [-0.39, 0.29) is 18.2 Å². The van der Waals surface area contributed by atoms with Gasteiger partial charge in [-0.25, -0.2) is 4.79 Å². The van der Waals surface area contributed by atoms with E-state index in [9.17, 15) is 14.4 Å². The van der Waals surface area contributed by atoms with Crippen molar-refractivity contribution < 1.29 is 14.4 Å². The summed E-state index contributed by atoms with van der Waals surface area (Å²) in [6, 6.07) is 16.7. The Bertz CT molecular complexity index is 924. The number of nitrogens with zero attached hydrogens (tertiary/aromatic N) is 2. The summed E-state index contributed by atoms with van der Waals surface area (Å²) in [4.78, 5) is 40.6. The first-order valence-corrected chi connectivity index (χ1v) is 11.1. The second-order valence-corrected chi connectivity index (χ2v) is 8.22. The Hall–Kier alpha value is -3.35. The van der Waals surface area contributed by atoms with Crippen molar-refractivity contribution in [2.45, 2.75) is 38.6 Å². The number of nitrogens with one attached hydrogen (secondary N) is 1. The van der Waals surface area contributed by atoms with Crippen LogP contribution in [-0.4, -0.2) is 53.8 Å². The van der Waals surface area contributed by atoms with Crippen molar-refractivity contribution in [2.75, 3.05) is 26.2 Å². The largest absolute Gasteiger partial charge is 0.352 e. The molecule has 3 rings (SSSR count). The predicted octanol–water partition coefficient (Wildman–Crippen LogP) is 2.79. The number of hydrogen-bond acceptors (Lipinski definition) is 3. The van der Waals surface area contributed by atoms with Gasteiger partial charge in [0.2, 0.25) is 11.8 Å². The molecule has 2 aromatic rings. The number of amides is 4. The topological polar surface area (TPSA) is 95.7 Å². The molecule has 1 aliphatic rings. The number of piperazine rings is 1. The molecule has 32 heavy (non-hydrogen) atoms. The van der Waals surface area contributed by atoms with E-state index in [2.05, 4.69) is 17.4 Å². The molecule has 7 nitrogen and oxygen atoms in total. The van der Waals surface area contributed by atoms with E-state index in [4.69, 9.17) is 5.73 Å². The van der Waals surface area contributed by atoms with Gasteiger partial charge in [0, 0.05) is 32.6 Å². The number of carbonyl (C=O) groups excluding carboxylic acids is 3. The number of hydrogen-bond donors (Lipinski definition) is 2. The van der Waals surface area contributed by atoms with Gasteiger partial charge in [0.15, 0.2) is 0 Å². The molecule has 1 fully saturated rings. The summed E-state index contributed by atoms with van der Waals surface area (Å²) in [7, 11) is 0. The number of carbonyl (C=O) groups is 3. The van der Waals surface area contributed by atoms with Crippen LogP contribution in [-0.2, 0) is 16.0 Å². The van der Waals surface area contributed by atoms with Crippen LogP contribution in [0.5, 0.6) is 0 Å². The van der Waals surface area contributed by atoms with Crippen molar-refractivity contribution in [3.8, 4) is 0 Å². The third kappa shape index (κ3) is 6.57. The maximum Gasteiger partial charge on any atom is 0.312 e. The molecule has 1 heterocycles. The van der Waals surface area contributed by atoms with Crippen molar-refractivity contribution in [3.63, 3.8) is 0 Å². The molecule has 0 radical (unpaired) electrons. The quantitative estimate of drug-likeness (QED) is 0.666. The zero-order valence-corrected chi connectivity index (χ0v) is 18.6. The lowest BCUT2D eigenvalue weighted by atomic mass is 9.98. The normalized spacial score (nSPS) is 14.7. The summed E-state index contributed by atoms with van der Waals surface area (Å²) in [5, 5.41) is 2.70. The molecule has 1 atom stereocenters. The fourth-order valence-corrected chi connectivity index (χ4v) is 4.14. The number of urea groups is 1. The van der Waals surface area contributed by atoms with Crippen LogP contribution < -0.4 is 11.1 Å². The molecular formula is C25H32N4O3. The van der Waals surface area contributed by atoms with Crippen LogP contribution in [0.1, 0.15) is 42.0 Å². The lowest BCUT2D eigenvalue weighted by Crippen LogP contribution is -2.51. The van der Waals surface area contributed by atoms with Crippen LogP contribution in [0.3, 0.4) is 0 Å². The van der Waals surface area contributed by atoms with Crippen molar-refractivity contribution in [1.29, 1.82) is 0 Å². The fourth-order valence-electron chi connectivity index (χ4n) is 4.14. The molecule has 0 saturated carbocycles. The van der Waals surface area contributed by atoms with Gasteiger partial charge in [0.05, 0.1) is 12.5 Å². The van der Waals surface area contributed by atoms with Crippen LogP contribution in [0, 0.1) is 6.92 Å². The Labute approximate surface area is 189 Å². The number of nitrogens with two attached hydrogens (primary N) is 1. The average Bonchev–Trinajstić information content (AvgIpc) is 2.79. The average molecular weight is 437 g/mol. The minimum absolute atomic E-state index is 0.0526. The van der Waals surface area contributed by atoms with Gasteiger partial charge in [-0.05, 0) is 36.5 Å². The van der Waals surface area contributed by atoms with Crippen LogP contribution in [0.2, 0.25) is 0 Å². The lowest BCUT2D eigenvalue weighted by Gasteiger charge is -2.35. The van der Waals surface area contributed by atoms with Gasteiger partial charge in [-0.3, -0.25) is 9.59 Å². The van der Waals surface area contributed by atoms with E-state index in [1.807, 2.05) is 54.3 Å². The molecule has 170 valence electrons. The van der Waals surface area contributed by atoms with Crippen molar-refractivity contribution >= 4 is 17.8 Å². The zero-order valence-electron chi connectivity index (χ0n) is 18.6. The van der Waals surface area contributed by atoms with Crippen LogP contribution >= 0.6 is 0 Å². The van der Waals surface area contributed by atoms with Crippen LogP contribution in [0.4, 0.5) is 4.79 Å². The van der Waals surface area contributed by atoms with Gasteiger partial charge in [-0.15, -0.1) is 0 Å². The van der Waals surface area contributed by atoms with E-state index in [0.29, 0.717) is 32.6 Å². The summed E-state index contributed by atoms with van der Waals surface area (Å²) in [6.07, 6.45) is 2.36. The molecule has 2 aromatic carbocycles. The molecule has 0 bridgehead atoms. The van der Waals surface area contributed by atoms with E-state index in [0.717, 1.165) is 24.0 Å². The van der Waals surface area contributed by atoms with E-state index in [1.54, 1.807) is 4.90 Å². The van der Waals surface area contributed by atoms with Crippen LogP contribution in [0.15, 0.2) is 54.6 Å². The highest BCUT2D eigenvalue weighted by Gasteiger charge is 2.27. The Balaban J connectivity index is 1.48. The third-order valence-electron chi connectivity index (χ3n) is 5.94. The van der Waals surface area contributed by atoms with Crippen LogP contribution in [0.25, 0.3) is 0 Å². The smallest absolute Gasteiger partial charge is 0.312 e. The predicted molar refractivity (Wildman–Crippen MR) is 124 cm³/mol. The first-order chi connectivity index (χ1) is 15.4. The highest BCUT2D eigenvalue weighted by molar-refractivity contribution is 5.80. The zero-order chi connectivity index (χ0) is 22.9. The highest BCUT2D eigenvalue weighted by Crippen LogP contribution is 2.22. The van der Waals surface area contributed by atoms with Gasteiger partial charge >= 0.3 is 6.03 Å². The number of benzene rings is 2. The standard InChI is InChI=1S/C25H32N4O3/c1-19-8-5-6-12-21(19)22(27-25(26)32)18-24(31)29-16-14-28(15-17-29)23(30)13-7-11-20-9-3-2-4-10-20/h2-6,8-10,12,22H,7,11,13-18H2,1H3,(H3,26,27,32). The SMILES string of the molecule is Cc1ccccc1C(CC(=O)N1CCN(C(=O)CCCc2ccccc2)CC1)NC(N)=O. The summed E-state index contributed by atoms with van der Waals surface area (Å²) < 4.78 is 0. The van der Waals surface area contributed by atoms with Gasteiger partial charge in [-0.1, -0.05) is 54.6 Å². The molecule has 0 aliphatic carbocycles. The second-order valence-electron chi connectivity index (χ2n) is 8.22. The van der Waals surface area contributed by atoms with E-state index in [1.165, 1.54) is 5.56 Å². The van der Waals surface area contributed by atoms with Crippen molar-refractivity contribution in [3.05, 3.63) is 71.3 Å². The first-order valence-electron chi connectivity index (χ1n) is 11.1. The molecule has 0 aromatic heterocycles. The summed E-state index contributed by atoms with van der Waals surface area (Å²) >= 11 is 0. The molecule has 1 unspecified atom stereocenters. The molecule has 1 aliphatic heterocycles. The van der Waals surface area contributed by atoms with E-state index < -0.39 is 12.1 Å². The Morgan fingerprint density at radius 1 is 0.906 bits per heavy atom. The minimum atomic E-state index is -0.656. The molecule has 3 N–H and O–H groups in total. The minimum Gasteiger partial charge on any atom is -0.352 e. The maximum atomic E-state index is 12.9. The Kier molecular flexibility index (Phi) is 8.25. The molecule has 1 saturated heterocycles. The Morgan fingerprint density at radius 2 is 1.50 bits per heavy atom. The molecule has 7 heteroatoms. The second kappa shape index (κ2) is 11.3. The summed E-state index contributed by atoms with van der Waals surface area (Å²) in [6.45, 7) is 4.01. The molecular weight excluding hydrogens is 404 g/mol. The van der Waals surface area contributed by atoms with Gasteiger partial charge in [-0.2, -0.15) is 0 Å². The van der Waals surface area contributed by atoms with E-state index >= 15 is 0 Å². The first kappa shape index (κ1) is 23.3. The van der Waals surface area contributed by atoms with Gasteiger partial charge in [0.25, 0.3) is 0 Å². The van der Waals surface area contributed by atoms with Crippen molar-refractivity contribution in [2.24, 2.45) is 5.73 Å². The molecule has 0 spiro atoms. The lowest BCUT2D eigenvalue weighted by molar-refractivity contribution is -0.139. The number of aryl methyl sites for hydroxylation is 2. The number of primary amides is 1. The summed E-state index contributed by atoms with van der Waals surface area (Å²) in [5.41, 5.74) is 8.46. The fraction of sp³-hybridized carbons (Fsp3) is 0.400. The van der Waals surface area contributed by atoms with Gasteiger partial charge in [0.1, 0.15) is 0 Å².